The van der Waals surface area contributed by atoms with Crippen molar-refractivity contribution in [3.05, 3.63) is 96.9 Å². The van der Waals surface area contributed by atoms with Gasteiger partial charge in [0.1, 0.15) is 11.9 Å². The maximum Gasteiger partial charge on any atom is 0.308 e. The van der Waals surface area contributed by atoms with Crippen molar-refractivity contribution in [3.8, 4) is 17.3 Å². The Hall–Kier alpha value is -5.05. The van der Waals surface area contributed by atoms with Crippen LogP contribution in [-0.4, -0.2) is 37.8 Å². The van der Waals surface area contributed by atoms with E-state index in [0.717, 1.165) is 0 Å². The van der Waals surface area contributed by atoms with Crippen LogP contribution in [0.1, 0.15) is 25.1 Å². The number of nitro groups is 2. The maximum atomic E-state index is 12.9. The number of nitrogens with one attached hydrogen (secondary N) is 1. The number of hydrogen-bond donors (Lipinski definition) is 2. The van der Waals surface area contributed by atoms with Crippen molar-refractivity contribution in [2.45, 2.75) is 19.3 Å². The SMILES string of the molecule is CC1(C)CNC2=C([N+](=O)[O-])C3(C(C#N)=C(N)N2C1)c1ccccc1-c1nc2ccc([N+](=O)[O-])cc2nc13. The number of benzene rings is 2. The Morgan fingerprint density at radius 2 is 1.86 bits per heavy atom. The van der Waals surface area contributed by atoms with Crippen LogP contribution in [0.25, 0.3) is 22.3 Å². The van der Waals surface area contributed by atoms with Crippen molar-refractivity contribution in [1.29, 1.82) is 5.26 Å². The van der Waals surface area contributed by atoms with E-state index in [4.69, 9.17) is 15.7 Å². The van der Waals surface area contributed by atoms with Crippen molar-refractivity contribution in [1.82, 2.24) is 20.2 Å². The summed E-state index contributed by atoms with van der Waals surface area (Å²) in [6, 6.07) is 13.2. The van der Waals surface area contributed by atoms with Crippen molar-refractivity contribution in [3.63, 3.8) is 0 Å². The Kier molecular flexibility index (Phi) is 4.38. The molecule has 1 fully saturated rings. The van der Waals surface area contributed by atoms with Crippen LogP contribution in [0.5, 0.6) is 0 Å². The Morgan fingerprint density at radius 3 is 2.57 bits per heavy atom. The molecule has 0 bridgehead atoms. The van der Waals surface area contributed by atoms with Gasteiger partial charge in [0.05, 0.1) is 37.8 Å². The minimum Gasteiger partial charge on any atom is -0.384 e. The predicted octanol–water partition coefficient (Wildman–Crippen LogP) is 2.89. The lowest BCUT2D eigenvalue weighted by atomic mass is 9.69. The summed E-state index contributed by atoms with van der Waals surface area (Å²) in [5.74, 6) is 0.288. The third-order valence-electron chi connectivity index (χ3n) is 7.19. The standard InChI is InChI=1S/C25H20N8O4/c1-24(2)11-28-23-21(33(36)37)25(16(10-26)22(27)31(23)12-24)15-6-4-3-5-14(15)19-20(25)30-18-9-13(32(34)35)7-8-17(18)29-19/h3-9,28H,11-12,27H2,1-2H3. The molecule has 3 heterocycles. The Balaban J connectivity index is 1.78. The van der Waals surface area contributed by atoms with Crippen molar-refractivity contribution in [2.24, 2.45) is 11.1 Å². The molecule has 1 saturated heterocycles. The summed E-state index contributed by atoms with van der Waals surface area (Å²) in [4.78, 5) is 34.3. The summed E-state index contributed by atoms with van der Waals surface area (Å²) < 4.78 is 0. The lowest BCUT2D eigenvalue weighted by Crippen LogP contribution is -2.56. The van der Waals surface area contributed by atoms with E-state index >= 15 is 0 Å². The lowest BCUT2D eigenvalue weighted by Gasteiger charge is -2.46. The predicted molar refractivity (Wildman–Crippen MR) is 132 cm³/mol. The third kappa shape index (κ3) is 2.82. The molecule has 1 atom stereocenters. The first-order valence-electron chi connectivity index (χ1n) is 11.5. The molecule has 1 aliphatic carbocycles. The highest BCUT2D eigenvalue weighted by Crippen LogP contribution is 2.58. The highest BCUT2D eigenvalue weighted by atomic mass is 16.6. The van der Waals surface area contributed by atoms with Gasteiger partial charge in [-0.3, -0.25) is 20.2 Å². The summed E-state index contributed by atoms with van der Waals surface area (Å²) in [5.41, 5.74) is 6.19. The van der Waals surface area contributed by atoms with Crippen molar-refractivity contribution >= 4 is 16.7 Å². The molecule has 0 saturated carbocycles. The van der Waals surface area contributed by atoms with Crippen LogP contribution in [0.4, 0.5) is 5.69 Å². The van der Waals surface area contributed by atoms with Gasteiger partial charge in [-0.25, -0.2) is 9.97 Å². The summed E-state index contributed by atoms with van der Waals surface area (Å²) >= 11 is 0. The van der Waals surface area contributed by atoms with Gasteiger partial charge < -0.3 is 16.0 Å². The van der Waals surface area contributed by atoms with E-state index < -0.39 is 15.3 Å². The fourth-order valence-electron chi connectivity index (χ4n) is 5.63. The molecule has 12 nitrogen and oxygen atoms in total. The van der Waals surface area contributed by atoms with Crippen LogP contribution in [0.2, 0.25) is 0 Å². The zero-order valence-corrected chi connectivity index (χ0v) is 19.8. The van der Waals surface area contributed by atoms with Crippen LogP contribution in [-0.2, 0) is 5.41 Å². The molecule has 3 N–H and O–H groups in total. The molecule has 2 aromatic carbocycles. The van der Waals surface area contributed by atoms with E-state index in [1.54, 1.807) is 29.2 Å². The quantitative estimate of drug-likeness (QED) is 0.396. The molecule has 6 rings (SSSR count). The number of nitro benzene ring substituents is 1. The number of allylic oxidation sites excluding steroid dienone is 1. The van der Waals surface area contributed by atoms with Gasteiger partial charge >= 0.3 is 5.70 Å². The first kappa shape index (κ1) is 22.4. The normalized spacial score (nSPS) is 21.3. The van der Waals surface area contributed by atoms with Crippen LogP contribution < -0.4 is 11.1 Å². The van der Waals surface area contributed by atoms with E-state index in [1.165, 1.54) is 18.2 Å². The average molecular weight is 496 g/mol. The zero-order chi connectivity index (χ0) is 26.3. The number of fused-ring (bicyclic) bond motifs is 7. The number of hydrogen-bond acceptors (Lipinski definition) is 10. The minimum absolute atomic E-state index is 0.0345. The molecule has 1 spiro atoms. The van der Waals surface area contributed by atoms with Crippen LogP contribution in [0.15, 0.2) is 65.4 Å². The average Bonchev–Trinajstić information content (AvgIpc) is 3.12. The third-order valence-corrected chi connectivity index (χ3v) is 7.19. The molecule has 1 unspecified atom stereocenters. The summed E-state index contributed by atoms with van der Waals surface area (Å²) in [5, 5.41) is 38.0. The van der Waals surface area contributed by atoms with Gasteiger partial charge in [-0.05, 0) is 11.6 Å². The van der Waals surface area contributed by atoms with Gasteiger partial charge in [-0.15, -0.1) is 0 Å². The number of aromatic nitrogens is 2. The second-order valence-electron chi connectivity index (χ2n) is 10.1. The first-order chi connectivity index (χ1) is 17.6. The van der Waals surface area contributed by atoms with E-state index in [1.807, 2.05) is 13.8 Å². The van der Waals surface area contributed by atoms with Gasteiger partial charge in [-0.2, -0.15) is 5.26 Å². The molecule has 3 aliphatic rings. The van der Waals surface area contributed by atoms with Crippen molar-refractivity contribution < 1.29 is 9.85 Å². The molecule has 1 aromatic heterocycles. The monoisotopic (exact) mass is 496 g/mol. The highest BCUT2D eigenvalue weighted by molar-refractivity contribution is 5.88. The minimum atomic E-state index is -1.76. The highest BCUT2D eigenvalue weighted by Gasteiger charge is 2.63. The van der Waals surface area contributed by atoms with E-state index in [2.05, 4.69) is 11.4 Å². The Morgan fingerprint density at radius 1 is 1.11 bits per heavy atom. The van der Waals surface area contributed by atoms with Gasteiger partial charge in [0, 0.05) is 36.2 Å². The van der Waals surface area contributed by atoms with Gasteiger partial charge in [-0.1, -0.05) is 38.1 Å². The Labute approximate surface area is 210 Å². The molecule has 2 aliphatic heterocycles. The number of nitriles is 1. The lowest BCUT2D eigenvalue weighted by molar-refractivity contribution is -0.436. The smallest absolute Gasteiger partial charge is 0.308 e. The molecule has 12 heteroatoms. The van der Waals surface area contributed by atoms with E-state index in [9.17, 15) is 25.5 Å². The molecule has 0 radical (unpaired) electrons. The van der Waals surface area contributed by atoms with Gasteiger partial charge in [0.2, 0.25) is 0 Å². The molecule has 184 valence electrons. The fraction of sp³-hybridized carbons (Fsp3) is 0.240. The summed E-state index contributed by atoms with van der Waals surface area (Å²) in [6.07, 6.45) is 0. The molecular formula is C25H20N8O4. The largest absolute Gasteiger partial charge is 0.384 e. The second kappa shape index (κ2) is 7.23. The molecule has 0 amide bonds. The van der Waals surface area contributed by atoms with E-state index in [-0.39, 0.29) is 45.2 Å². The Bertz CT molecular complexity index is 1690. The number of nitrogens with zero attached hydrogens (tertiary/aromatic N) is 6. The van der Waals surface area contributed by atoms with Crippen LogP contribution >= 0.6 is 0 Å². The first-order valence-corrected chi connectivity index (χ1v) is 11.5. The number of rotatable bonds is 2. The summed E-state index contributed by atoms with van der Waals surface area (Å²) in [6.45, 7) is 4.81. The maximum absolute atomic E-state index is 12.9. The molecular weight excluding hydrogens is 476 g/mol. The number of non-ortho nitro benzene ring substituents is 1. The van der Waals surface area contributed by atoms with Gasteiger partial charge in [0.25, 0.3) is 5.69 Å². The molecule has 3 aromatic rings. The topological polar surface area (TPSA) is 177 Å². The van der Waals surface area contributed by atoms with E-state index in [0.29, 0.717) is 35.4 Å². The second-order valence-corrected chi connectivity index (χ2v) is 10.1. The van der Waals surface area contributed by atoms with Crippen LogP contribution in [0, 0.1) is 37.0 Å². The zero-order valence-electron chi connectivity index (χ0n) is 19.8. The summed E-state index contributed by atoms with van der Waals surface area (Å²) in [7, 11) is 0. The van der Waals surface area contributed by atoms with Crippen molar-refractivity contribution in [2.75, 3.05) is 13.1 Å². The van der Waals surface area contributed by atoms with Gasteiger partial charge in [0.15, 0.2) is 11.2 Å². The molecule has 37 heavy (non-hydrogen) atoms. The fourth-order valence-corrected chi connectivity index (χ4v) is 5.63. The van der Waals surface area contributed by atoms with Crippen LogP contribution in [0.3, 0.4) is 0 Å². The number of nitrogens with two attached hydrogens (primary N) is 1.